The van der Waals surface area contributed by atoms with Crippen LogP contribution in [0.15, 0.2) is 12.7 Å². The first-order chi connectivity index (χ1) is 7.83. The highest BCUT2D eigenvalue weighted by atomic mass is 16.5. The molecule has 92 valence electrons. The minimum Gasteiger partial charge on any atom is -0.377 e. The summed E-state index contributed by atoms with van der Waals surface area (Å²) in [5, 5.41) is 6.28. The first-order valence-electron chi connectivity index (χ1n) is 6.01. The summed E-state index contributed by atoms with van der Waals surface area (Å²) < 4.78 is 5.20. The van der Waals surface area contributed by atoms with Gasteiger partial charge in [-0.05, 0) is 25.8 Å². The zero-order valence-corrected chi connectivity index (χ0v) is 9.84. The normalized spacial score (nSPS) is 19.6. The second-order valence-corrected chi connectivity index (χ2v) is 4.06. The van der Waals surface area contributed by atoms with E-state index in [0.717, 1.165) is 19.5 Å². The summed E-state index contributed by atoms with van der Waals surface area (Å²) in [6, 6.07) is 0.473. The van der Waals surface area contributed by atoms with Crippen molar-refractivity contribution in [3.63, 3.8) is 0 Å². The van der Waals surface area contributed by atoms with E-state index in [2.05, 4.69) is 17.2 Å². The lowest BCUT2D eigenvalue weighted by Crippen LogP contribution is -2.37. The van der Waals surface area contributed by atoms with Crippen LogP contribution < -0.4 is 10.6 Å². The van der Waals surface area contributed by atoms with Gasteiger partial charge in [0, 0.05) is 25.6 Å². The van der Waals surface area contributed by atoms with Crippen molar-refractivity contribution < 1.29 is 9.53 Å². The monoisotopic (exact) mass is 226 g/mol. The molecule has 1 unspecified atom stereocenters. The van der Waals surface area contributed by atoms with Crippen LogP contribution in [0.25, 0.3) is 0 Å². The lowest BCUT2D eigenvalue weighted by atomic mass is 10.2. The van der Waals surface area contributed by atoms with Gasteiger partial charge in [0.25, 0.3) is 0 Å². The van der Waals surface area contributed by atoms with Crippen molar-refractivity contribution >= 4 is 5.91 Å². The third kappa shape index (κ3) is 5.88. The summed E-state index contributed by atoms with van der Waals surface area (Å²) >= 11 is 0. The molecule has 0 saturated carbocycles. The van der Waals surface area contributed by atoms with E-state index in [-0.39, 0.29) is 5.91 Å². The van der Waals surface area contributed by atoms with Crippen LogP contribution in [0, 0.1) is 0 Å². The minimum atomic E-state index is 0.121. The Morgan fingerprint density at radius 2 is 2.50 bits per heavy atom. The van der Waals surface area contributed by atoms with Crippen molar-refractivity contribution in [3.8, 4) is 0 Å². The van der Waals surface area contributed by atoms with Crippen molar-refractivity contribution in [2.24, 2.45) is 0 Å². The van der Waals surface area contributed by atoms with Crippen molar-refractivity contribution in [2.75, 3.05) is 26.3 Å². The van der Waals surface area contributed by atoms with E-state index in [1.54, 1.807) is 6.08 Å². The third-order valence-corrected chi connectivity index (χ3v) is 2.64. The van der Waals surface area contributed by atoms with E-state index in [0.29, 0.717) is 25.7 Å². The molecule has 4 heteroatoms. The molecule has 0 radical (unpaired) electrons. The largest absolute Gasteiger partial charge is 0.377 e. The van der Waals surface area contributed by atoms with Gasteiger partial charge in [0.1, 0.15) is 0 Å². The van der Waals surface area contributed by atoms with Crippen LogP contribution in [-0.4, -0.2) is 38.3 Å². The van der Waals surface area contributed by atoms with Gasteiger partial charge >= 0.3 is 0 Å². The number of ether oxygens (including phenoxy) is 1. The molecule has 0 spiro atoms. The van der Waals surface area contributed by atoms with Crippen molar-refractivity contribution in [1.29, 1.82) is 0 Å². The molecule has 1 fully saturated rings. The van der Waals surface area contributed by atoms with Crippen LogP contribution in [0.4, 0.5) is 0 Å². The fraction of sp³-hybridized carbons (Fsp3) is 0.750. The standard InChI is InChI=1S/C12H22N2O2/c1-2-8-16-9-4-6-12(15)14-10-11-5-3-7-13-11/h2,11,13H,1,3-10H2,(H,14,15). The molecule has 0 aliphatic carbocycles. The van der Waals surface area contributed by atoms with E-state index in [1.165, 1.54) is 12.8 Å². The predicted molar refractivity (Wildman–Crippen MR) is 64.3 cm³/mol. The highest BCUT2D eigenvalue weighted by molar-refractivity contribution is 5.75. The smallest absolute Gasteiger partial charge is 0.220 e. The minimum absolute atomic E-state index is 0.121. The average molecular weight is 226 g/mol. The van der Waals surface area contributed by atoms with Gasteiger partial charge < -0.3 is 15.4 Å². The van der Waals surface area contributed by atoms with E-state index in [9.17, 15) is 4.79 Å². The Balaban J connectivity index is 1.91. The molecule has 0 bridgehead atoms. The van der Waals surface area contributed by atoms with E-state index < -0.39 is 0 Å². The molecule has 0 aromatic rings. The second-order valence-electron chi connectivity index (χ2n) is 4.06. The predicted octanol–water partition coefficient (Wildman–Crippen LogP) is 0.837. The van der Waals surface area contributed by atoms with Crippen LogP contribution in [-0.2, 0) is 9.53 Å². The highest BCUT2D eigenvalue weighted by Gasteiger charge is 2.14. The number of carbonyl (C=O) groups is 1. The lowest BCUT2D eigenvalue weighted by molar-refractivity contribution is -0.121. The molecule has 1 saturated heterocycles. The van der Waals surface area contributed by atoms with Crippen molar-refractivity contribution in [3.05, 3.63) is 12.7 Å². The fourth-order valence-corrected chi connectivity index (χ4v) is 1.76. The van der Waals surface area contributed by atoms with Gasteiger partial charge in [-0.15, -0.1) is 6.58 Å². The Labute approximate surface area is 97.4 Å². The molecule has 0 aromatic carbocycles. The number of nitrogens with one attached hydrogen (secondary N) is 2. The molecular formula is C12H22N2O2. The summed E-state index contributed by atoms with van der Waals surface area (Å²) in [5.41, 5.74) is 0. The third-order valence-electron chi connectivity index (χ3n) is 2.64. The maximum Gasteiger partial charge on any atom is 0.220 e. The summed E-state index contributed by atoms with van der Waals surface area (Å²) in [7, 11) is 0. The van der Waals surface area contributed by atoms with Gasteiger partial charge in [0.15, 0.2) is 0 Å². The summed E-state index contributed by atoms with van der Waals surface area (Å²) in [6.07, 6.45) is 5.42. The molecule has 1 aliphatic heterocycles. The van der Waals surface area contributed by atoms with Crippen LogP contribution >= 0.6 is 0 Å². The van der Waals surface area contributed by atoms with Crippen LogP contribution in [0.1, 0.15) is 25.7 Å². The number of amides is 1. The molecule has 2 N–H and O–H groups in total. The van der Waals surface area contributed by atoms with E-state index >= 15 is 0 Å². The van der Waals surface area contributed by atoms with Crippen molar-refractivity contribution in [2.45, 2.75) is 31.7 Å². The molecule has 0 aromatic heterocycles. The quantitative estimate of drug-likeness (QED) is 0.476. The molecule has 1 atom stereocenters. The summed E-state index contributed by atoms with van der Waals surface area (Å²) in [4.78, 5) is 11.4. The maximum absolute atomic E-state index is 11.4. The Hall–Kier alpha value is -0.870. The van der Waals surface area contributed by atoms with Gasteiger partial charge in [-0.2, -0.15) is 0 Å². The Morgan fingerprint density at radius 3 is 3.19 bits per heavy atom. The average Bonchev–Trinajstić information content (AvgIpc) is 2.79. The first kappa shape index (κ1) is 13.2. The zero-order valence-electron chi connectivity index (χ0n) is 9.84. The van der Waals surface area contributed by atoms with Gasteiger partial charge in [-0.25, -0.2) is 0 Å². The number of hydrogen-bond donors (Lipinski definition) is 2. The van der Waals surface area contributed by atoms with E-state index in [4.69, 9.17) is 4.74 Å². The Morgan fingerprint density at radius 1 is 1.62 bits per heavy atom. The SMILES string of the molecule is C=CCOCCCC(=O)NCC1CCCN1. The molecule has 1 heterocycles. The Bertz CT molecular complexity index is 213. The molecule has 4 nitrogen and oxygen atoms in total. The van der Waals surface area contributed by atoms with Gasteiger partial charge in [-0.1, -0.05) is 6.08 Å². The highest BCUT2D eigenvalue weighted by Crippen LogP contribution is 2.03. The molecule has 1 rings (SSSR count). The number of rotatable bonds is 8. The molecular weight excluding hydrogens is 204 g/mol. The zero-order chi connectivity index (χ0) is 11.6. The second kappa shape index (κ2) is 8.30. The maximum atomic E-state index is 11.4. The van der Waals surface area contributed by atoms with Gasteiger partial charge in [0.2, 0.25) is 5.91 Å². The lowest BCUT2D eigenvalue weighted by Gasteiger charge is -2.11. The topological polar surface area (TPSA) is 50.4 Å². The van der Waals surface area contributed by atoms with Crippen LogP contribution in [0.2, 0.25) is 0 Å². The summed E-state index contributed by atoms with van der Waals surface area (Å²) in [5.74, 6) is 0.121. The van der Waals surface area contributed by atoms with Crippen LogP contribution in [0.5, 0.6) is 0 Å². The van der Waals surface area contributed by atoms with Gasteiger partial charge in [0.05, 0.1) is 6.61 Å². The number of carbonyl (C=O) groups excluding carboxylic acids is 1. The van der Waals surface area contributed by atoms with Crippen LogP contribution in [0.3, 0.4) is 0 Å². The Kier molecular flexibility index (Phi) is 6.85. The summed E-state index contributed by atoms with van der Waals surface area (Å²) in [6.45, 7) is 6.58. The van der Waals surface area contributed by atoms with Gasteiger partial charge in [-0.3, -0.25) is 4.79 Å². The van der Waals surface area contributed by atoms with E-state index in [1.807, 2.05) is 0 Å². The fourth-order valence-electron chi connectivity index (χ4n) is 1.76. The van der Waals surface area contributed by atoms with Crippen molar-refractivity contribution in [1.82, 2.24) is 10.6 Å². The molecule has 1 aliphatic rings. The molecule has 16 heavy (non-hydrogen) atoms. The molecule has 1 amide bonds. The first-order valence-corrected chi connectivity index (χ1v) is 6.01. The number of hydrogen-bond acceptors (Lipinski definition) is 3.